The van der Waals surface area contributed by atoms with Gasteiger partial charge in [0, 0.05) is 19.1 Å². The summed E-state index contributed by atoms with van der Waals surface area (Å²) in [5.74, 6) is 0.602. The average molecular weight is 293 g/mol. The minimum absolute atomic E-state index is 0.512. The van der Waals surface area contributed by atoms with Gasteiger partial charge in [0.25, 0.3) is 0 Å². The topological polar surface area (TPSA) is 3.24 Å². The molecule has 1 nitrogen and oxygen atoms in total. The number of rotatable bonds is 8. The van der Waals surface area contributed by atoms with Gasteiger partial charge in [-0.1, -0.05) is 73.7 Å². The van der Waals surface area contributed by atoms with Crippen molar-refractivity contribution in [2.24, 2.45) is 5.92 Å². The van der Waals surface area contributed by atoms with Crippen molar-refractivity contribution in [2.45, 2.75) is 39.4 Å². The molecule has 0 aromatic heterocycles. The van der Waals surface area contributed by atoms with Gasteiger partial charge >= 0.3 is 0 Å². The zero-order chi connectivity index (χ0) is 15.8. The largest absolute Gasteiger partial charge is 0.292 e. The molecule has 2 atom stereocenters. The van der Waals surface area contributed by atoms with Gasteiger partial charge in [0.15, 0.2) is 0 Å². The number of benzene rings is 2. The highest BCUT2D eigenvalue weighted by Gasteiger charge is 2.19. The molecule has 22 heavy (non-hydrogen) atoms. The standard InChI is InChI=1S/C21H27N/c1-4-11-18(2)19(3)22(16-20-12-7-5-8-13-20)17-21-14-9-6-10-15-21/h4-10,12-15,18-19H,1,11,16-17H2,2-3H3/t18-,19-/m0/s1. The van der Waals surface area contributed by atoms with Crippen LogP contribution in [0.4, 0.5) is 0 Å². The van der Waals surface area contributed by atoms with Crippen LogP contribution in [0.3, 0.4) is 0 Å². The van der Waals surface area contributed by atoms with E-state index in [-0.39, 0.29) is 0 Å². The van der Waals surface area contributed by atoms with E-state index in [2.05, 4.69) is 86.0 Å². The maximum absolute atomic E-state index is 3.89. The van der Waals surface area contributed by atoms with Crippen molar-refractivity contribution in [3.8, 4) is 0 Å². The predicted octanol–water partition coefficient (Wildman–Crippen LogP) is 5.29. The fourth-order valence-corrected chi connectivity index (χ4v) is 2.80. The summed E-state index contributed by atoms with van der Waals surface area (Å²) in [6.07, 6.45) is 3.09. The molecule has 0 unspecified atom stereocenters. The summed E-state index contributed by atoms with van der Waals surface area (Å²) < 4.78 is 0. The lowest BCUT2D eigenvalue weighted by Crippen LogP contribution is -2.36. The SMILES string of the molecule is C=CC[C@H](C)[C@H](C)N(Cc1ccccc1)Cc1ccccc1. The maximum atomic E-state index is 3.89. The maximum Gasteiger partial charge on any atom is 0.0240 e. The molecule has 2 aromatic carbocycles. The van der Waals surface area contributed by atoms with Crippen molar-refractivity contribution >= 4 is 0 Å². The molecule has 2 rings (SSSR count). The molecule has 0 heterocycles. The summed E-state index contributed by atoms with van der Waals surface area (Å²) in [5, 5.41) is 0. The van der Waals surface area contributed by atoms with Crippen molar-refractivity contribution in [2.75, 3.05) is 0 Å². The first-order valence-electron chi connectivity index (χ1n) is 8.13. The third-order valence-electron chi connectivity index (χ3n) is 4.39. The van der Waals surface area contributed by atoms with Crippen LogP contribution in [0, 0.1) is 5.92 Å². The fourth-order valence-electron chi connectivity index (χ4n) is 2.80. The van der Waals surface area contributed by atoms with Crippen molar-refractivity contribution < 1.29 is 0 Å². The minimum atomic E-state index is 0.512. The van der Waals surface area contributed by atoms with E-state index in [1.165, 1.54) is 11.1 Å². The Balaban J connectivity index is 2.14. The lowest BCUT2D eigenvalue weighted by molar-refractivity contribution is 0.145. The molecule has 0 amide bonds. The molecule has 0 aliphatic rings. The third-order valence-corrected chi connectivity index (χ3v) is 4.39. The quantitative estimate of drug-likeness (QED) is 0.598. The Bertz CT molecular complexity index is 505. The predicted molar refractivity (Wildman–Crippen MR) is 95.6 cm³/mol. The Kier molecular flexibility index (Phi) is 6.42. The van der Waals surface area contributed by atoms with Crippen LogP contribution in [0.25, 0.3) is 0 Å². The van der Waals surface area contributed by atoms with Crippen LogP contribution in [0.15, 0.2) is 73.3 Å². The minimum Gasteiger partial charge on any atom is -0.292 e. The fraction of sp³-hybridized carbons (Fsp3) is 0.333. The Morgan fingerprint density at radius 3 is 1.73 bits per heavy atom. The molecule has 2 aromatic rings. The second-order valence-corrected chi connectivity index (χ2v) is 6.12. The third kappa shape index (κ3) is 4.85. The molecule has 0 aliphatic carbocycles. The normalized spacial score (nSPS) is 13.8. The summed E-state index contributed by atoms with van der Waals surface area (Å²) in [6.45, 7) is 10.5. The van der Waals surface area contributed by atoms with E-state index in [0.717, 1.165) is 19.5 Å². The summed E-state index contributed by atoms with van der Waals surface area (Å²) in [7, 11) is 0. The zero-order valence-corrected chi connectivity index (χ0v) is 13.8. The molecular weight excluding hydrogens is 266 g/mol. The Morgan fingerprint density at radius 1 is 0.864 bits per heavy atom. The van der Waals surface area contributed by atoms with Crippen LogP contribution in [0.2, 0.25) is 0 Å². The number of hydrogen-bond acceptors (Lipinski definition) is 1. The number of allylic oxidation sites excluding steroid dienone is 1. The second-order valence-electron chi connectivity index (χ2n) is 6.12. The molecule has 0 saturated heterocycles. The molecule has 0 bridgehead atoms. The highest BCUT2D eigenvalue weighted by Crippen LogP contribution is 2.20. The lowest BCUT2D eigenvalue weighted by atomic mass is 9.97. The van der Waals surface area contributed by atoms with Gasteiger partial charge in [-0.3, -0.25) is 4.90 Å². The van der Waals surface area contributed by atoms with E-state index in [1.807, 2.05) is 6.08 Å². The van der Waals surface area contributed by atoms with E-state index in [9.17, 15) is 0 Å². The monoisotopic (exact) mass is 293 g/mol. The lowest BCUT2D eigenvalue weighted by Gasteiger charge is -2.33. The van der Waals surface area contributed by atoms with Crippen molar-refractivity contribution in [3.05, 3.63) is 84.4 Å². The first kappa shape index (κ1) is 16.5. The highest BCUT2D eigenvalue weighted by molar-refractivity contribution is 5.17. The van der Waals surface area contributed by atoms with Crippen LogP contribution in [0.5, 0.6) is 0 Å². The molecule has 0 aliphatic heterocycles. The van der Waals surface area contributed by atoms with Gasteiger partial charge in [-0.2, -0.15) is 0 Å². The first-order chi connectivity index (χ1) is 10.7. The Morgan fingerprint density at radius 2 is 1.32 bits per heavy atom. The molecule has 0 saturated carbocycles. The van der Waals surface area contributed by atoms with Gasteiger partial charge in [-0.15, -0.1) is 6.58 Å². The molecule has 0 spiro atoms. The van der Waals surface area contributed by atoms with Crippen molar-refractivity contribution in [3.63, 3.8) is 0 Å². The summed E-state index contributed by atoms with van der Waals surface area (Å²) in [4.78, 5) is 2.57. The van der Waals surface area contributed by atoms with E-state index >= 15 is 0 Å². The molecule has 1 heteroatoms. The van der Waals surface area contributed by atoms with Gasteiger partial charge in [0.2, 0.25) is 0 Å². The van der Waals surface area contributed by atoms with E-state index in [0.29, 0.717) is 12.0 Å². The molecule has 0 fully saturated rings. The van der Waals surface area contributed by atoms with Gasteiger partial charge in [-0.25, -0.2) is 0 Å². The molecule has 0 radical (unpaired) electrons. The summed E-state index contributed by atoms with van der Waals surface area (Å²) in [6, 6.07) is 22.0. The second kappa shape index (κ2) is 8.55. The Labute approximate surface area is 135 Å². The van der Waals surface area contributed by atoms with Crippen LogP contribution >= 0.6 is 0 Å². The Hall–Kier alpha value is -1.86. The van der Waals surface area contributed by atoms with Crippen molar-refractivity contribution in [1.82, 2.24) is 4.90 Å². The van der Waals surface area contributed by atoms with Gasteiger partial charge < -0.3 is 0 Å². The number of hydrogen-bond donors (Lipinski definition) is 0. The van der Waals surface area contributed by atoms with E-state index < -0.39 is 0 Å². The average Bonchev–Trinajstić information content (AvgIpc) is 2.56. The molecule has 116 valence electrons. The van der Waals surface area contributed by atoms with Crippen molar-refractivity contribution in [1.29, 1.82) is 0 Å². The smallest absolute Gasteiger partial charge is 0.0240 e. The number of nitrogens with zero attached hydrogens (tertiary/aromatic N) is 1. The first-order valence-corrected chi connectivity index (χ1v) is 8.13. The summed E-state index contributed by atoms with van der Waals surface area (Å²) in [5.41, 5.74) is 2.74. The molecular formula is C21H27N. The zero-order valence-electron chi connectivity index (χ0n) is 13.8. The van der Waals surface area contributed by atoms with Gasteiger partial charge in [0.05, 0.1) is 0 Å². The van der Waals surface area contributed by atoms with Gasteiger partial charge in [-0.05, 0) is 30.4 Å². The van der Waals surface area contributed by atoms with Crippen LogP contribution in [-0.2, 0) is 13.1 Å². The van der Waals surface area contributed by atoms with E-state index in [1.54, 1.807) is 0 Å². The highest BCUT2D eigenvalue weighted by atomic mass is 15.1. The molecule has 0 N–H and O–H groups in total. The van der Waals surface area contributed by atoms with E-state index in [4.69, 9.17) is 0 Å². The van der Waals surface area contributed by atoms with Crippen LogP contribution in [-0.4, -0.2) is 10.9 Å². The summed E-state index contributed by atoms with van der Waals surface area (Å²) >= 11 is 0. The van der Waals surface area contributed by atoms with Crippen LogP contribution in [0.1, 0.15) is 31.4 Å². The van der Waals surface area contributed by atoms with Gasteiger partial charge in [0.1, 0.15) is 0 Å². The van der Waals surface area contributed by atoms with Crippen LogP contribution < -0.4 is 0 Å².